The smallest absolute Gasteiger partial charge is 0.332 e. The normalized spacial score (nSPS) is 12.1. The monoisotopic (exact) mass is 423 g/mol. The van der Waals surface area contributed by atoms with Crippen molar-refractivity contribution in [2.75, 3.05) is 4.81 Å². The van der Waals surface area contributed by atoms with Crippen LogP contribution < -0.4 is 20.5 Å². The van der Waals surface area contributed by atoms with Gasteiger partial charge in [0.1, 0.15) is 11.5 Å². The fourth-order valence-corrected chi connectivity index (χ4v) is 4.77. The van der Waals surface area contributed by atoms with Crippen molar-refractivity contribution < 1.29 is 4.74 Å². The lowest BCUT2D eigenvalue weighted by Gasteiger charge is -2.39. The van der Waals surface area contributed by atoms with Crippen LogP contribution in [0.3, 0.4) is 0 Å². The maximum Gasteiger partial charge on any atom is 0.332 e. The van der Waals surface area contributed by atoms with Gasteiger partial charge in [-0.25, -0.2) is 0 Å². The molecule has 0 aliphatic carbocycles. The van der Waals surface area contributed by atoms with Crippen LogP contribution in [0.1, 0.15) is 0 Å². The summed E-state index contributed by atoms with van der Waals surface area (Å²) < 4.78 is 6.50. The Hall–Kier alpha value is -4.24. The molecule has 1 heterocycles. The molecule has 0 aromatic heterocycles. The SMILES string of the molecule is c1ccc(Oc2cccc3c2B(c2ccccc2)N(c2ccccc2)c2ccccc2-3)cc1. The van der Waals surface area contributed by atoms with E-state index in [4.69, 9.17) is 4.74 Å². The number of benzene rings is 5. The quantitative estimate of drug-likeness (QED) is 0.310. The van der Waals surface area contributed by atoms with Crippen molar-refractivity contribution in [2.45, 2.75) is 0 Å². The summed E-state index contributed by atoms with van der Waals surface area (Å²) in [6.45, 7) is -0.0292. The van der Waals surface area contributed by atoms with Gasteiger partial charge < -0.3 is 9.55 Å². The van der Waals surface area contributed by atoms with E-state index >= 15 is 0 Å². The van der Waals surface area contributed by atoms with Gasteiger partial charge in [-0.1, -0.05) is 103 Å². The summed E-state index contributed by atoms with van der Waals surface area (Å²) in [7, 11) is 0. The molecule has 2 nitrogen and oxygen atoms in total. The molecule has 0 atom stereocenters. The van der Waals surface area contributed by atoms with Crippen LogP contribution in [0.2, 0.25) is 0 Å². The highest BCUT2D eigenvalue weighted by atomic mass is 16.5. The minimum Gasteiger partial charge on any atom is -0.458 e. The molecule has 1 aliphatic rings. The van der Waals surface area contributed by atoms with Gasteiger partial charge in [0.25, 0.3) is 0 Å². The molecule has 5 aromatic rings. The van der Waals surface area contributed by atoms with Gasteiger partial charge in [-0.2, -0.15) is 0 Å². The molecule has 5 aromatic carbocycles. The summed E-state index contributed by atoms with van der Waals surface area (Å²) in [4.78, 5) is 2.44. The third kappa shape index (κ3) is 3.48. The number of hydrogen-bond donors (Lipinski definition) is 0. The second kappa shape index (κ2) is 8.36. The first-order valence-electron chi connectivity index (χ1n) is 11.2. The average molecular weight is 423 g/mol. The first-order chi connectivity index (χ1) is 16.4. The molecule has 0 saturated heterocycles. The Bertz CT molecular complexity index is 1390. The first kappa shape index (κ1) is 19.5. The van der Waals surface area contributed by atoms with Crippen molar-refractivity contribution in [3.63, 3.8) is 0 Å². The summed E-state index contributed by atoms with van der Waals surface area (Å²) in [5.74, 6) is 1.71. The second-order valence-electron chi connectivity index (χ2n) is 8.17. The maximum atomic E-state index is 6.50. The third-order valence-electron chi connectivity index (χ3n) is 6.17. The summed E-state index contributed by atoms with van der Waals surface area (Å²) in [5.41, 5.74) is 7.17. The number of para-hydroxylation sites is 3. The fourth-order valence-electron chi connectivity index (χ4n) is 4.77. The van der Waals surface area contributed by atoms with Crippen LogP contribution in [-0.4, -0.2) is 6.85 Å². The number of ether oxygens (including phenoxy) is 1. The molecule has 1 aliphatic heterocycles. The van der Waals surface area contributed by atoms with Crippen molar-refractivity contribution in [3.05, 3.63) is 133 Å². The van der Waals surface area contributed by atoms with E-state index in [0.29, 0.717) is 0 Å². The van der Waals surface area contributed by atoms with Gasteiger partial charge >= 0.3 is 6.85 Å². The number of rotatable bonds is 4. The molecule has 0 spiro atoms. The highest BCUT2D eigenvalue weighted by Crippen LogP contribution is 2.41. The molecule has 0 unspecified atom stereocenters. The minimum absolute atomic E-state index is 0.0292. The van der Waals surface area contributed by atoms with Gasteiger partial charge in [-0.05, 0) is 42.0 Å². The van der Waals surface area contributed by atoms with Crippen molar-refractivity contribution >= 4 is 29.1 Å². The summed E-state index contributed by atoms with van der Waals surface area (Å²) in [5, 5.41) is 0. The maximum absolute atomic E-state index is 6.50. The molecule has 0 radical (unpaired) electrons. The van der Waals surface area contributed by atoms with Gasteiger partial charge in [0.2, 0.25) is 0 Å². The number of anilines is 2. The Labute approximate surface area is 194 Å². The van der Waals surface area contributed by atoms with Gasteiger partial charge in [-0.3, -0.25) is 0 Å². The highest BCUT2D eigenvalue weighted by molar-refractivity contribution is 6.91. The van der Waals surface area contributed by atoms with E-state index in [1.165, 1.54) is 27.7 Å². The topological polar surface area (TPSA) is 12.5 Å². The predicted octanol–water partition coefficient (Wildman–Crippen LogP) is 6.40. The van der Waals surface area contributed by atoms with Crippen LogP contribution in [0.15, 0.2) is 133 Å². The van der Waals surface area contributed by atoms with Crippen LogP contribution in [0.25, 0.3) is 11.1 Å². The van der Waals surface area contributed by atoms with Gasteiger partial charge in [0.05, 0.1) is 0 Å². The van der Waals surface area contributed by atoms with Crippen molar-refractivity contribution in [1.29, 1.82) is 0 Å². The lowest BCUT2D eigenvalue weighted by molar-refractivity contribution is 0.486. The molecule has 0 amide bonds. The molecule has 6 rings (SSSR count). The van der Waals surface area contributed by atoms with Gasteiger partial charge in [-0.15, -0.1) is 0 Å². The van der Waals surface area contributed by atoms with Crippen molar-refractivity contribution in [2.24, 2.45) is 0 Å². The third-order valence-corrected chi connectivity index (χ3v) is 6.17. The van der Waals surface area contributed by atoms with Crippen molar-refractivity contribution in [3.8, 4) is 22.6 Å². The fraction of sp³-hybridized carbons (Fsp3) is 0. The lowest BCUT2D eigenvalue weighted by atomic mass is 9.45. The van der Waals surface area contributed by atoms with Crippen LogP contribution in [0.5, 0.6) is 11.5 Å². The minimum atomic E-state index is -0.0292. The highest BCUT2D eigenvalue weighted by Gasteiger charge is 2.39. The summed E-state index contributed by atoms with van der Waals surface area (Å²) in [6, 6.07) is 46.4. The molecule has 33 heavy (non-hydrogen) atoms. The van der Waals surface area contributed by atoms with E-state index < -0.39 is 0 Å². The van der Waals surface area contributed by atoms with E-state index in [2.05, 4.69) is 108 Å². The molecular formula is C30H22BNO. The Kier molecular flexibility index (Phi) is 4.93. The Morgan fingerprint density at radius 2 is 1.12 bits per heavy atom. The van der Waals surface area contributed by atoms with E-state index in [1.54, 1.807) is 0 Å². The van der Waals surface area contributed by atoms with Crippen LogP contribution in [0.4, 0.5) is 11.4 Å². The van der Waals surface area contributed by atoms with Crippen molar-refractivity contribution in [1.82, 2.24) is 0 Å². The largest absolute Gasteiger partial charge is 0.458 e. The number of fused-ring (bicyclic) bond motifs is 3. The number of hydrogen-bond acceptors (Lipinski definition) is 2. The Morgan fingerprint density at radius 3 is 1.88 bits per heavy atom. The van der Waals surface area contributed by atoms with Gasteiger partial charge in [0.15, 0.2) is 0 Å². The summed E-state index contributed by atoms with van der Waals surface area (Å²) >= 11 is 0. The predicted molar refractivity (Wildman–Crippen MR) is 138 cm³/mol. The zero-order valence-electron chi connectivity index (χ0n) is 18.1. The molecule has 0 fully saturated rings. The lowest BCUT2D eigenvalue weighted by Crippen LogP contribution is -2.57. The second-order valence-corrected chi connectivity index (χ2v) is 8.17. The van der Waals surface area contributed by atoms with E-state index in [1.807, 2.05) is 30.3 Å². The molecule has 0 bridgehead atoms. The molecular weight excluding hydrogens is 401 g/mol. The average Bonchev–Trinajstić information content (AvgIpc) is 2.90. The zero-order valence-corrected chi connectivity index (χ0v) is 18.1. The Morgan fingerprint density at radius 1 is 0.515 bits per heavy atom. The van der Waals surface area contributed by atoms with Gasteiger partial charge in [0, 0.05) is 22.4 Å². The van der Waals surface area contributed by atoms with Crippen LogP contribution in [-0.2, 0) is 0 Å². The zero-order chi connectivity index (χ0) is 22.0. The van der Waals surface area contributed by atoms with E-state index in [-0.39, 0.29) is 6.85 Å². The number of nitrogens with zero attached hydrogens (tertiary/aromatic N) is 1. The first-order valence-corrected chi connectivity index (χ1v) is 11.2. The molecule has 0 saturated carbocycles. The molecule has 156 valence electrons. The molecule has 3 heteroatoms. The summed E-state index contributed by atoms with van der Waals surface area (Å²) in [6.07, 6.45) is 0. The van der Waals surface area contributed by atoms with E-state index in [0.717, 1.165) is 17.2 Å². The standard InChI is InChI=1S/C30H22BNO/c1-4-13-23(14-5-1)31-30-27(20-12-22-29(30)33-25-17-8-3-9-18-25)26-19-10-11-21-28(26)32(31)24-15-6-2-7-16-24/h1-22H. The Balaban J connectivity index is 1.64. The van der Waals surface area contributed by atoms with Crippen LogP contribution >= 0.6 is 0 Å². The molecule has 0 N–H and O–H groups in total. The van der Waals surface area contributed by atoms with E-state index in [9.17, 15) is 0 Å². The van der Waals surface area contributed by atoms with Crippen LogP contribution in [0, 0.1) is 0 Å².